The molecule has 0 bridgehead atoms. The largest absolute Gasteiger partial charge is 0.396 e. The first-order valence-corrected chi connectivity index (χ1v) is 9.67. The van der Waals surface area contributed by atoms with Gasteiger partial charge in [0, 0.05) is 28.8 Å². The molecule has 5 nitrogen and oxygen atoms in total. The van der Waals surface area contributed by atoms with E-state index in [1.165, 1.54) is 0 Å². The molecule has 0 radical (unpaired) electrons. The van der Waals surface area contributed by atoms with Crippen molar-refractivity contribution in [2.24, 2.45) is 0 Å². The number of nitrogens with zero attached hydrogens (tertiary/aromatic N) is 2. The van der Waals surface area contributed by atoms with E-state index in [0.717, 1.165) is 28.1 Å². The van der Waals surface area contributed by atoms with Crippen molar-refractivity contribution in [3.8, 4) is 22.5 Å². The summed E-state index contributed by atoms with van der Waals surface area (Å²) in [5.74, 6) is -0.0915. The molecule has 2 aromatic carbocycles. The van der Waals surface area contributed by atoms with Gasteiger partial charge in [-0.2, -0.15) is 5.10 Å². The molecule has 0 saturated heterocycles. The number of amides is 1. The van der Waals surface area contributed by atoms with Crippen LogP contribution in [0.15, 0.2) is 54.6 Å². The Morgan fingerprint density at radius 1 is 1.14 bits per heavy atom. The molecule has 1 amide bonds. The van der Waals surface area contributed by atoms with Crippen molar-refractivity contribution in [2.45, 2.75) is 32.9 Å². The van der Waals surface area contributed by atoms with Gasteiger partial charge in [-0.25, -0.2) is 0 Å². The highest BCUT2D eigenvalue weighted by Gasteiger charge is 2.15. The number of halogens is 1. The predicted molar refractivity (Wildman–Crippen MR) is 112 cm³/mol. The fourth-order valence-corrected chi connectivity index (χ4v) is 3.22. The number of aliphatic hydroxyl groups excluding tert-OH is 1. The van der Waals surface area contributed by atoms with Crippen molar-refractivity contribution in [1.29, 1.82) is 0 Å². The number of hydrogen-bond donors (Lipinski definition) is 2. The van der Waals surface area contributed by atoms with Crippen LogP contribution in [0, 0.1) is 0 Å². The van der Waals surface area contributed by atoms with Gasteiger partial charge in [0.1, 0.15) is 6.54 Å². The summed E-state index contributed by atoms with van der Waals surface area (Å²) < 4.78 is 1.71. The average molecular weight is 398 g/mol. The van der Waals surface area contributed by atoms with E-state index in [-0.39, 0.29) is 25.1 Å². The first kappa shape index (κ1) is 20.1. The lowest BCUT2D eigenvalue weighted by Crippen LogP contribution is -2.33. The van der Waals surface area contributed by atoms with Crippen molar-refractivity contribution in [2.75, 3.05) is 6.61 Å². The molecular weight excluding hydrogens is 374 g/mol. The summed E-state index contributed by atoms with van der Waals surface area (Å²) >= 11 is 6.16. The first-order valence-electron chi connectivity index (χ1n) is 9.29. The van der Waals surface area contributed by atoms with E-state index < -0.39 is 0 Å². The molecule has 0 saturated carbocycles. The van der Waals surface area contributed by atoms with Crippen LogP contribution in [-0.2, 0) is 17.8 Å². The molecule has 0 unspecified atom stereocenters. The molecule has 3 rings (SSSR count). The second-order valence-corrected chi connectivity index (χ2v) is 7.41. The van der Waals surface area contributed by atoms with Gasteiger partial charge < -0.3 is 10.4 Å². The smallest absolute Gasteiger partial charge is 0.241 e. The van der Waals surface area contributed by atoms with Crippen molar-refractivity contribution < 1.29 is 9.90 Å². The number of benzene rings is 2. The first-order chi connectivity index (χ1) is 13.5. The molecule has 2 N–H and O–H groups in total. The van der Waals surface area contributed by atoms with Crippen LogP contribution < -0.4 is 5.32 Å². The topological polar surface area (TPSA) is 67.2 Å². The number of rotatable bonds is 7. The van der Waals surface area contributed by atoms with Gasteiger partial charge in [0.05, 0.1) is 11.4 Å². The Bertz CT molecular complexity index is 949. The van der Waals surface area contributed by atoms with Crippen LogP contribution in [0.5, 0.6) is 0 Å². The second kappa shape index (κ2) is 9.04. The Morgan fingerprint density at radius 2 is 1.89 bits per heavy atom. The second-order valence-electron chi connectivity index (χ2n) is 6.98. The number of aromatic nitrogens is 2. The van der Waals surface area contributed by atoms with Gasteiger partial charge in [-0.1, -0.05) is 48.0 Å². The maximum Gasteiger partial charge on any atom is 0.241 e. The van der Waals surface area contributed by atoms with Crippen molar-refractivity contribution >= 4 is 17.5 Å². The van der Waals surface area contributed by atoms with Crippen LogP contribution in [0.3, 0.4) is 0 Å². The lowest BCUT2D eigenvalue weighted by Gasteiger charge is -2.11. The highest BCUT2D eigenvalue weighted by atomic mass is 35.5. The summed E-state index contributed by atoms with van der Waals surface area (Å²) in [4.78, 5) is 12.3. The van der Waals surface area contributed by atoms with Crippen LogP contribution >= 0.6 is 11.6 Å². The number of aliphatic hydroxyl groups is 1. The maximum absolute atomic E-state index is 12.3. The van der Waals surface area contributed by atoms with Crippen LogP contribution in [0.1, 0.15) is 19.4 Å². The minimum absolute atomic E-state index is 0.0659. The minimum atomic E-state index is -0.0915. The number of hydrogen-bond acceptors (Lipinski definition) is 3. The number of carbonyl (C=O) groups excluding carboxylic acids is 1. The Balaban J connectivity index is 1.98. The Morgan fingerprint density at radius 3 is 2.54 bits per heavy atom. The van der Waals surface area contributed by atoms with E-state index >= 15 is 0 Å². The highest BCUT2D eigenvalue weighted by molar-refractivity contribution is 6.30. The van der Waals surface area contributed by atoms with Crippen molar-refractivity contribution in [3.05, 3.63) is 65.2 Å². The fourth-order valence-electron chi connectivity index (χ4n) is 3.03. The molecular formula is C22H24ClN3O2. The fraction of sp³-hybridized carbons (Fsp3) is 0.273. The Kier molecular flexibility index (Phi) is 6.49. The van der Waals surface area contributed by atoms with Crippen LogP contribution in [-0.4, -0.2) is 33.4 Å². The predicted octanol–water partition coefficient (Wildman–Crippen LogP) is 3.93. The number of nitrogens with one attached hydrogen (secondary N) is 1. The molecule has 0 aliphatic carbocycles. The van der Waals surface area contributed by atoms with Crippen molar-refractivity contribution in [1.82, 2.24) is 15.1 Å². The van der Waals surface area contributed by atoms with Gasteiger partial charge in [0.15, 0.2) is 0 Å². The van der Waals surface area contributed by atoms with E-state index in [2.05, 4.69) is 10.4 Å². The zero-order chi connectivity index (χ0) is 20.1. The quantitative estimate of drug-likeness (QED) is 0.634. The Labute approximate surface area is 170 Å². The van der Waals surface area contributed by atoms with Gasteiger partial charge in [-0.15, -0.1) is 0 Å². The van der Waals surface area contributed by atoms with Gasteiger partial charge >= 0.3 is 0 Å². The number of carbonyl (C=O) groups is 1. The standard InChI is InChI=1S/C22H24ClN3O2/c1-15(2)24-22(28)14-26-21(18-4-3-5-19(23)12-18)13-20(25-26)17-8-6-16(7-9-17)10-11-27/h3-9,12-13,15,27H,10-11,14H2,1-2H3,(H,24,28). The summed E-state index contributed by atoms with van der Waals surface area (Å²) in [5, 5.41) is 17.3. The molecule has 0 fully saturated rings. The molecule has 0 aliphatic heterocycles. The third kappa shape index (κ3) is 5.00. The molecule has 28 heavy (non-hydrogen) atoms. The summed E-state index contributed by atoms with van der Waals surface area (Å²) in [6.07, 6.45) is 0.623. The SMILES string of the molecule is CC(C)NC(=O)Cn1nc(-c2ccc(CCO)cc2)cc1-c1cccc(Cl)c1. The minimum Gasteiger partial charge on any atom is -0.396 e. The third-order valence-corrected chi connectivity index (χ3v) is 4.53. The molecule has 0 aliphatic rings. The molecule has 1 heterocycles. The summed E-state index contributed by atoms with van der Waals surface area (Å²) in [6, 6.07) is 17.5. The monoisotopic (exact) mass is 397 g/mol. The zero-order valence-corrected chi connectivity index (χ0v) is 16.8. The highest BCUT2D eigenvalue weighted by Crippen LogP contribution is 2.28. The van der Waals surface area contributed by atoms with E-state index in [9.17, 15) is 4.79 Å². The van der Waals surface area contributed by atoms with E-state index in [4.69, 9.17) is 16.7 Å². The zero-order valence-electron chi connectivity index (χ0n) is 16.0. The van der Waals surface area contributed by atoms with Crippen LogP contribution in [0.25, 0.3) is 22.5 Å². The van der Waals surface area contributed by atoms with E-state index in [1.54, 1.807) is 4.68 Å². The van der Waals surface area contributed by atoms with Crippen LogP contribution in [0.2, 0.25) is 5.02 Å². The summed E-state index contributed by atoms with van der Waals surface area (Å²) in [6.45, 7) is 4.11. The van der Waals surface area contributed by atoms with E-state index in [0.29, 0.717) is 11.4 Å². The van der Waals surface area contributed by atoms with Gasteiger partial charge in [-0.3, -0.25) is 9.48 Å². The van der Waals surface area contributed by atoms with Gasteiger partial charge in [0.25, 0.3) is 0 Å². The summed E-state index contributed by atoms with van der Waals surface area (Å²) in [5.41, 5.74) is 4.53. The molecule has 3 aromatic rings. The lowest BCUT2D eigenvalue weighted by atomic mass is 10.1. The molecule has 146 valence electrons. The van der Waals surface area contributed by atoms with E-state index in [1.807, 2.05) is 68.4 Å². The third-order valence-electron chi connectivity index (χ3n) is 4.29. The normalized spacial score (nSPS) is 11.0. The Hall–Kier alpha value is -2.63. The summed E-state index contributed by atoms with van der Waals surface area (Å²) in [7, 11) is 0. The van der Waals surface area contributed by atoms with Gasteiger partial charge in [0.2, 0.25) is 5.91 Å². The molecule has 6 heteroatoms. The lowest BCUT2D eigenvalue weighted by molar-refractivity contribution is -0.122. The van der Waals surface area contributed by atoms with Crippen LogP contribution in [0.4, 0.5) is 0 Å². The average Bonchev–Trinajstić information content (AvgIpc) is 3.05. The molecule has 0 spiro atoms. The maximum atomic E-state index is 12.3. The molecule has 0 atom stereocenters. The van der Waals surface area contributed by atoms with Crippen molar-refractivity contribution in [3.63, 3.8) is 0 Å². The van der Waals surface area contributed by atoms with Gasteiger partial charge in [-0.05, 0) is 44.0 Å². The molecule has 1 aromatic heterocycles.